The van der Waals surface area contributed by atoms with E-state index in [0.717, 1.165) is 12.2 Å². The molecular weight excluding hydrogens is 256 g/mol. The third-order valence-electron chi connectivity index (χ3n) is 4.12. The van der Waals surface area contributed by atoms with Gasteiger partial charge in [0.05, 0.1) is 0 Å². The third-order valence-corrected chi connectivity index (χ3v) is 4.12. The number of para-hydroxylation sites is 2. The Morgan fingerprint density at radius 3 is 2.52 bits per heavy atom. The van der Waals surface area contributed by atoms with Crippen LogP contribution in [0.1, 0.15) is 25.3 Å². The molecule has 0 saturated carbocycles. The molecule has 108 valence electrons. The van der Waals surface area contributed by atoms with E-state index in [2.05, 4.69) is 66.7 Å². The van der Waals surface area contributed by atoms with Gasteiger partial charge in [-0.3, -0.25) is 0 Å². The van der Waals surface area contributed by atoms with Gasteiger partial charge in [0.2, 0.25) is 0 Å². The summed E-state index contributed by atoms with van der Waals surface area (Å²) < 4.78 is 0. The number of anilines is 2. The van der Waals surface area contributed by atoms with Crippen molar-refractivity contribution in [2.24, 2.45) is 5.92 Å². The van der Waals surface area contributed by atoms with Crippen molar-refractivity contribution < 1.29 is 0 Å². The van der Waals surface area contributed by atoms with Crippen LogP contribution in [0.5, 0.6) is 0 Å². The van der Waals surface area contributed by atoms with Crippen LogP contribution in [0.15, 0.2) is 67.0 Å². The topological polar surface area (TPSA) is 15.3 Å². The second-order valence-electron chi connectivity index (χ2n) is 5.89. The SMILES string of the molecule is CC(C)C1CN(/C=C/Nc2ccccc2)c2ccccc21. The predicted octanol–water partition coefficient (Wildman–Crippen LogP) is 4.83. The summed E-state index contributed by atoms with van der Waals surface area (Å²) in [6, 6.07) is 19.0. The first kappa shape index (κ1) is 13.7. The van der Waals surface area contributed by atoms with Gasteiger partial charge in [0.25, 0.3) is 0 Å². The molecule has 1 aliphatic rings. The highest BCUT2D eigenvalue weighted by Crippen LogP contribution is 2.40. The zero-order valence-corrected chi connectivity index (χ0v) is 12.7. The lowest BCUT2D eigenvalue weighted by Gasteiger charge is -2.16. The molecule has 0 amide bonds. The minimum Gasteiger partial charge on any atom is -0.360 e. The maximum absolute atomic E-state index is 3.32. The first-order valence-electron chi connectivity index (χ1n) is 7.59. The van der Waals surface area contributed by atoms with Crippen LogP contribution in [0.25, 0.3) is 0 Å². The van der Waals surface area contributed by atoms with Crippen molar-refractivity contribution in [1.82, 2.24) is 0 Å². The Hall–Kier alpha value is -2.22. The number of hydrogen-bond acceptors (Lipinski definition) is 2. The lowest BCUT2D eigenvalue weighted by molar-refractivity contribution is 0.523. The van der Waals surface area contributed by atoms with Gasteiger partial charge in [0, 0.05) is 36.2 Å². The molecule has 0 aliphatic carbocycles. The second-order valence-corrected chi connectivity index (χ2v) is 5.89. The normalized spacial score (nSPS) is 17.5. The van der Waals surface area contributed by atoms with Gasteiger partial charge in [-0.1, -0.05) is 50.2 Å². The summed E-state index contributed by atoms with van der Waals surface area (Å²) in [4.78, 5) is 2.34. The summed E-state index contributed by atoms with van der Waals surface area (Å²) in [5, 5.41) is 3.32. The molecule has 2 nitrogen and oxygen atoms in total. The van der Waals surface area contributed by atoms with Crippen molar-refractivity contribution in [3.05, 3.63) is 72.6 Å². The van der Waals surface area contributed by atoms with E-state index >= 15 is 0 Å². The van der Waals surface area contributed by atoms with Crippen molar-refractivity contribution in [2.45, 2.75) is 19.8 Å². The number of hydrogen-bond donors (Lipinski definition) is 1. The predicted molar refractivity (Wildman–Crippen MR) is 90.6 cm³/mol. The van der Waals surface area contributed by atoms with Gasteiger partial charge in [-0.25, -0.2) is 0 Å². The standard InChI is InChI=1S/C19H22N2/c1-15(2)18-14-21(19-11-7-6-10-17(18)19)13-12-20-16-8-4-3-5-9-16/h3-13,15,18,20H,14H2,1-2H3/b13-12+. The first-order valence-corrected chi connectivity index (χ1v) is 7.59. The van der Waals surface area contributed by atoms with E-state index in [1.807, 2.05) is 24.4 Å². The minimum atomic E-state index is 0.613. The highest BCUT2D eigenvalue weighted by atomic mass is 15.1. The molecule has 2 aromatic rings. The fourth-order valence-corrected chi connectivity index (χ4v) is 2.94. The first-order chi connectivity index (χ1) is 10.3. The molecule has 1 heterocycles. The Labute approximate surface area is 127 Å². The quantitative estimate of drug-likeness (QED) is 0.861. The highest BCUT2D eigenvalue weighted by molar-refractivity contribution is 5.62. The summed E-state index contributed by atoms with van der Waals surface area (Å²) in [7, 11) is 0. The van der Waals surface area contributed by atoms with Crippen LogP contribution in [0.4, 0.5) is 11.4 Å². The summed E-state index contributed by atoms with van der Waals surface area (Å²) in [6.07, 6.45) is 4.17. The highest BCUT2D eigenvalue weighted by Gasteiger charge is 2.28. The van der Waals surface area contributed by atoms with Gasteiger partial charge in [0.15, 0.2) is 0 Å². The fourth-order valence-electron chi connectivity index (χ4n) is 2.94. The van der Waals surface area contributed by atoms with Crippen LogP contribution < -0.4 is 10.2 Å². The maximum Gasteiger partial charge on any atom is 0.0442 e. The van der Waals surface area contributed by atoms with Crippen LogP contribution in [0, 0.1) is 5.92 Å². The van der Waals surface area contributed by atoms with E-state index < -0.39 is 0 Å². The van der Waals surface area contributed by atoms with Crippen molar-refractivity contribution >= 4 is 11.4 Å². The molecule has 0 aromatic heterocycles. The molecule has 0 fully saturated rings. The second kappa shape index (κ2) is 6.04. The van der Waals surface area contributed by atoms with Crippen LogP contribution in [0.2, 0.25) is 0 Å². The molecule has 1 N–H and O–H groups in total. The molecule has 0 radical (unpaired) electrons. The average molecular weight is 278 g/mol. The number of nitrogens with zero attached hydrogens (tertiary/aromatic N) is 1. The zero-order valence-electron chi connectivity index (χ0n) is 12.7. The molecule has 0 spiro atoms. The number of rotatable bonds is 4. The smallest absolute Gasteiger partial charge is 0.0442 e. The number of benzene rings is 2. The van der Waals surface area contributed by atoms with Crippen molar-refractivity contribution in [2.75, 3.05) is 16.8 Å². The molecular formula is C19H22N2. The van der Waals surface area contributed by atoms with E-state index in [1.165, 1.54) is 11.3 Å². The molecule has 0 saturated heterocycles. The van der Waals surface area contributed by atoms with E-state index in [-0.39, 0.29) is 0 Å². The Morgan fingerprint density at radius 2 is 1.76 bits per heavy atom. The summed E-state index contributed by atoms with van der Waals surface area (Å²) >= 11 is 0. The van der Waals surface area contributed by atoms with Crippen molar-refractivity contribution in [3.8, 4) is 0 Å². The van der Waals surface area contributed by atoms with Gasteiger partial charge in [0.1, 0.15) is 0 Å². The summed E-state index contributed by atoms with van der Waals surface area (Å²) in [6.45, 7) is 5.66. The molecule has 1 atom stereocenters. The lowest BCUT2D eigenvalue weighted by atomic mass is 9.90. The van der Waals surface area contributed by atoms with Gasteiger partial charge in [-0.05, 0) is 29.7 Å². The Bertz CT molecular complexity index is 616. The third kappa shape index (κ3) is 2.94. The van der Waals surface area contributed by atoms with E-state index in [0.29, 0.717) is 11.8 Å². The Balaban J connectivity index is 1.75. The van der Waals surface area contributed by atoms with Crippen LogP contribution in [-0.4, -0.2) is 6.54 Å². The lowest BCUT2D eigenvalue weighted by Crippen LogP contribution is -2.17. The number of fused-ring (bicyclic) bond motifs is 1. The molecule has 2 aromatic carbocycles. The molecule has 1 unspecified atom stereocenters. The van der Waals surface area contributed by atoms with Gasteiger partial charge in [-0.2, -0.15) is 0 Å². The molecule has 21 heavy (non-hydrogen) atoms. The average Bonchev–Trinajstić information content (AvgIpc) is 2.88. The summed E-state index contributed by atoms with van der Waals surface area (Å²) in [5.74, 6) is 1.27. The zero-order chi connectivity index (χ0) is 14.7. The Kier molecular flexibility index (Phi) is 3.96. The van der Waals surface area contributed by atoms with Gasteiger partial charge in [-0.15, -0.1) is 0 Å². The number of nitrogens with one attached hydrogen (secondary N) is 1. The monoisotopic (exact) mass is 278 g/mol. The van der Waals surface area contributed by atoms with Gasteiger partial charge >= 0.3 is 0 Å². The van der Waals surface area contributed by atoms with E-state index in [9.17, 15) is 0 Å². The molecule has 3 rings (SSSR count). The maximum atomic E-state index is 3.32. The largest absolute Gasteiger partial charge is 0.360 e. The van der Waals surface area contributed by atoms with Crippen molar-refractivity contribution in [3.63, 3.8) is 0 Å². The summed E-state index contributed by atoms with van der Waals surface area (Å²) in [5.41, 5.74) is 3.92. The van der Waals surface area contributed by atoms with Crippen molar-refractivity contribution in [1.29, 1.82) is 0 Å². The van der Waals surface area contributed by atoms with Crippen LogP contribution >= 0.6 is 0 Å². The van der Waals surface area contributed by atoms with Crippen LogP contribution in [0.3, 0.4) is 0 Å². The van der Waals surface area contributed by atoms with E-state index in [1.54, 1.807) is 0 Å². The van der Waals surface area contributed by atoms with E-state index in [4.69, 9.17) is 0 Å². The van der Waals surface area contributed by atoms with Gasteiger partial charge < -0.3 is 10.2 Å². The molecule has 0 bridgehead atoms. The fraction of sp³-hybridized carbons (Fsp3) is 0.263. The Morgan fingerprint density at radius 1 is 1.05 bits per heavy atom. The minimum absolute atomic E-state index is 0.613. The van der Waals surface area contributed by atoms with Crippen LogP contribution in [-0.2, 0) is 0 Å². The molecule has 2 heteroatoms. The molecule has 1 aliphatic heterocycles.